The fraction of sp³-hybridized carbons (Fsp3) is 0.130. The molecule has 1 unspecified atom stereocenters. The highest BCUT2D eigenvalue weighted by atomic mass is 16.5. The van der Waals surface area contributed by atoms with E-state index in [2.05, 4.69) is 10.9 Å². The van der Waals surface area contributed by atoms with Crippen LogP contribution in [0.15, 0.2) is 78.9 Å². The molecule has 6 heteroatoms. The number of carbonyl (C=O) groups excluding carboxylic acids is 2. The van der Waals surface area contributed by atoms with Crippen LogP contribution in [0.2, 0.25) is 0 Å². The topological polar surface area (TPSA) is 76.7 Å². The van der Waals surface area contributed by atoms with Crippen LogP contribution >= 0.6 is 0 Å². The summed E-state index contributed by atoms with van der Waals surface area (Å²) < 4.78 is 10.8. The summed E-state index contributed by atoms with van der Waals surface area (Å²) in [6.45, 7) is 1.61. The van der Waals surface area contributed by atoms with Crippen molar-refractivity contribution in [1.29, 1.82) is 0 Å². The molecule has 0 fully saturated rings. The molecular weight excluding hydrogens is 368 g/mol. The molecule has 0 aliphatic carbocycles. The SMILES string of the molecule is COc1ccccc1C(=O)NNC(=O)C(C)Oc1ccc(-c2ccccc2)cc1. The molecule has 3 aromatic rings. The number of benzene rings is 3. The van der Waals surface area contributed by atoms with Crippen LogP contribution in [-0.4, -0.2) is 25.0 Å². The third-order valence-electron chi connectivity index (χ3n) is 4.29. The van der Waals surface area contributed by atoms with Crippen LogP contribution in [0.5, 0.6) is 11.5 Å². The summed E-state index contributed by atoms with van der Waals surface area (Å²) in [5.74, 6) is 0.0287. The Morgan fingerprint density at radius 3 is 2.10 bits per heavy atom. The molecule has 0 radical (unpaired) electrons. The van der Waals surface area contributed by atoms with Crippen molar-refractivity contribution in [2.75, 3.05) is 7.11 Å². The third kappa shape index (κ3) is 5.13. The monoisotopic (exact) mass is 390 g/mol. The summed E-state index contributed by atoms with van der Waals surface area (Å²) in [6, 6.07) is 24.2. The molecule has 0 spiro atoms. The summed E-state index contributed by atoms with van der Waals surface area (Å²) in [4.78, 5) is 24.5. The molecule has 29 heavy (non-hydrogen) atoms. The first-order valence-electron chi connectivity index (χ1n) is 9.14. The average molecular weight is 390 g/mol. The van der Waals surface area contributed by atoms with Gasteiger partial charge in [-0.15, -0.1) is 0 Å². The van der Waals surface area contributed by atoms with E-state index >= 15 is 0 Å². The van der Waals surface area contributed by atoms with Gasteiger partial charge in [-0.1, -0.05) is 54.6 Å². The Hall–Kier alpha value is -3.80. The largest absolute Gasteiger partial charge is 0.496 e. The average Bonchev–Trinajstić information content (AvgIpc) is 2.78. The Morgan fingerprint density at radius 2 is 1.41 bits per heavy atom. The number of hydrogen-bond acceptors (Lipinski definition) is 4. The van der Waals surface area contributed by atoms with E-state index in [-0.39, 0.29) is 0 Å². The van der Waals surface area contributed by atoms with Crippen LogP contribution in [0.3, 0.4) is 0 Å². The van der Waals surface area contributed by atoms with Gasteiger partial charge in [0.2, 0.25) is 0 Å². The van der Waals surface area contributed by atoms with E-state index in [1.165, 1.54) is 7.11 Å². The van der Waals surface area contributed by atoms with Crippen LogP contribution < -0.4 is 20.3 Å². The zero-order valence-corrected chi connectivity index (χ0v) is 16.2. The number of hydrogen-bond donors (Lipinski definition) is 2. The third-order valence-corrected chi connectivity index (χ3v) is 4.29. The molecule has 3 aromatic carbocycles. The number of para-hydroxylation sites is 1. The van der Waals surface area contributed by atoms with Gasteiger partial charge in [0, 0.05) is 0 Å². The number of hydrazine groups is 1. The van der Waals surface area contributed by atoms with Gasteiger partial charge >= 0.3 is 0 Å². The molecule has 3 rings (SSSR count). The van der Waals surface area contributed by atoms with E-state index in [0.29, 0.717) is 17.1 Å². The van der Waals surface area contributed by atoms with E-state index in [4.69, 9.17) is 9.47 Å². The molecule has 2 amide bonds. The van der Waals surface area contributed by atoms with Crippen molar-refractivity contribution < 1.29 is 19.1 Å². The number of methoxy groups -OCH3 is 1. The minimum atomic E-state index is -0.796. The van der Waals surface area contributed by atoms with Gasteiger partial charge in [-0.05, 0) is 42.3 Å². The van der Waals surface area contributed by atoms with Crippen molar-refractivity contribution >= 4 is 11.8 Å². The number of carbonyl (C=O) groups is 2. The first-order chi connectivity index (χ1) is 14.1. The second-order valence-corrected chi connectivity index (χ2v) is 6.29. The Kier molecular flexibility index (Phi) is 6.47. The Bertz CT molecular complexity index is 972. The number of ether oxygens (including phenoxy) is 2. The molecule has 6 nitrogen and oxygen atoms in total. The standard InChI is InChI=1S/C23H22N2O4/c1-16(22(26)24-25-23(27)20-10-6-7-11-21(20)28-2)29-19-14-12-18(13-15-19)17-8-4-3-5-9-17/h3-16H,1-2H3,(H,24,26)(H,25,27). The maximum Gasteiger partial charge on any atom is 0.279 e. The summed E-state index contributed by atoms with van der Waals surface area (Å²) in [7, 11) is 1.48. The Balaban J connectivity index is 1.54. The molecule has 148 valence electrons. The highest BCUT2D eigenvalue weighted by molar-refractivity contribution is 5.98. The van der Waals surface area contributed by atoms with Crippen LogP contribution in [0.25, 0.3) is 11.1 Å². The molecule has 0 bridgehead atoms. The predicted octanol–water partition coefficient (Wildman–Crippen LogP) is 3.59. The van der Waals surface area contributed by atoms with E-state index in [0.717, 1.165) is 11.1 Å². The van der Waals surface area contributed by atoms with E-state index < -0.39 is 17.9 Å². The van der Waals surface area contributed by atoms with Crippen LogP contribution in [0.4, 0.5) is 0 Å². The summed E-state index contributed by atoms with van der Waals surface area (Å²) in [5, 5.41) is 0. The van der Waals surface area contributed by atoms with Crippen molar-refractivity contribution in [3.05, 3.63) is 84.4 Å². The summed E-state index contributed by atoms with van der Waals surface area (Å²) >= 11 is 0. The van der Waals surface area contributed by atoms with Crippen LogP contribution in [-0.2, 0) is 4.79 Å². The molecule has 2 N–H and O–H groups in total. The lowest BCUT2D eigenvalue weighted by Crippen LogP contribution is -2.47. The lowest BCUT2D eigenvalue weighted by molar-refractivity contribution is -0.128. The van der Waals surface area contributed by atoms with Gasteiger partial charge in [0.05, 0.1) is 12.7 Å². The molecular formula is C23H22N2O4. The van der Waals surface area contributed by atoms with Gasteiger partial charge in [0.25, 0.3) is 11.8 Å². The Labute approximate surface area is 169 Å². The van der Waals surface area contributed by atoms with Crippen molar-refractivity contribution in [2.24, 2.45) is 0 Å². The van der Waals surface area contributed by atoms with Crippen molar-refractivity contribution in [2.45, 2.75) is 13.0 Å². The minimum Gasteiger partial charge on any atom is -0.496 e. The van der Waals surface area contributed by atoms with E-state index in [9.17, 15) is 9.59 Å². The van der Waals surface area contributed by atoms with Gasteiger partial charge in [-0.2, -0.15) is 0 Å². The van der Waals surface area contributed by atoms with Gasteiger partial charge < -0.3 is 9.47 Å². The first-order valence-corrected chi connectivity index (χ1v) is 9.14. The fourth-order valence-electron chi connectivity index (χ4n) is 2.73. The van der Waals surface area contributed by atoms with Crippen LogP contribution in [0.1, 0.15) is 17.3 Å². The highest BCUT2D eigenvalue weighted by Gasteiger charge is 2.17. The van der Waals surface area contributed by atoms with Crippen molar-refractivity contribution in [1.82, 2.24) is 10.9 Å². The van der Waals surface area contributed by atoms with E-state index in [1.54, 1.807) is 43.3 Å². The second kappa shape index (κ2) is 9.41. The summed E-state index contributed by atoms with van der Waals surface area (Å²) in [6.07, 6.45) is -0.796. The second-order valence-electron chi connectivity index (χ2n) is 6.29. The number of amides is 2. The molecule has 0 heterocycles. The molecule has 0 aliphatic heterocycles. The van der Waals surface area contributed by atoms with Gasteiger partial charge in [0.1, 0.15) is 11.5 Å². The normalized spacial score (nSPS) is 11.2. The zero-order chi connectivity index (χ0) is 20.6. The summed E-state index contributed by atoms with van der Waals surface area (Å²) in [5.41, 5.74) is 7.22. The molecule has 0 aromatic heterocycles. The van der Waals surface area contributed by atoms with Crippen molar-refractivity contribution in [3.8, 4) is 22.6 Å². The number of nitrogens with one attached hydrogen (secondary N) is 2. The van der Waals surface area contributed by atoms with Crippen molar-refractivity contribution in [3.63, 3.8) is 0 Å². The number of rotatable bonds is 6. The first kappa shape index (κ1) is 19.9. The lowest BCUT2D eigenvalue weighted by Gasteiger charge is -2.16. The zero-order valence-electron chi connectivity index (χ0n) is 16.2. The molecule has 1 atom stereocenters. The predicted molar refractivity (Wildman–Crippen MR) is 111 cm³/mol. The molecule has 0 aliphatic rings. The maximum absolute atomic E-state index is 12.2. The maximum atomic E-state index is 12.2. The smallest absolute Gasteiger partial charge is 0.279 e. The molecule has 0 saturated heterocycles. The Morgan fingerprint density at radius 1 is 0.793 bits per heavy atom. The van der Waals surface area contributed by atoms with E-state index in [1.807, 2.05) is 42.5 Å². The highest BCUT2D eigenvalue weighted by Crippen LogP contribution is 2.22. The minimum absolute atomic E-state index is 0.320. The lowest BCUT2D eigenvalue weighted by atomic mass is 10.1. The van der Waals surface area contributed by atoms with Gasteiger partial charge in [-0.25, -0.2) is 0 Å². The quantitative estimate of drug-likeness (QED) is 0.631. The van der Waals surface area contributed by atoms with Gasteiger partial charge in [-0.3, -0.25) is 20.4 Å². The van der Waals surface area contributed by atoms with Gasteiger partial charge in [0.15, 0.2) is 6.10 Å². The molecule has 0 saturated carbocycles. The van der Waals surface area contributed by atoms with Crippen LogP contribution in [0, 0.1) is 0 Å². The fourth-order valence-corrected chi connectivity index (χ4v) is 2.73.